The van der Waals surface area contributed by atoms with Crippen LogP contribution in [0.3, 0.4) is 0 Å². The van der Waals surface area contributed by atoms with Gasteiger partial charge in [0.15, 0.2) is 11.7 Å². The molecule has 0 spiro atoms. The van der Waals surface area contributed by atoms with Gasteiger partial charge < -0.3 is 129 Å². The van der Waals surface area contributed by atoms with Crippen LogP contribution in [0.4, 0.5) is 0 Å². The maximum Gasteiger partial charge on any atom is 0.344 e. The zero-order valence-corrected chi connectivity index (χ0v) is 84.7. The number of unbranched alkanes of at least 4 members (excludes halogenated alkanes) is 1. The minimum absolute atomic E-state index is 0.00455. The summed E-state index contributed by atoms with van der Waals surface area (Å²) in [5, 5.41) is 94.5. The van der Waals surface area contributed by atoms with Gasteiger partial charge in [-0.1, -0.05) is 125 Å². The maximum absolute atomic E-state index is 12.0. The van der Waals surface area contributed by atoms with E-state index in [1.165, 1.54) is 19.6 Å². The maximum atomic E-state index is 12.0. The Kier molecular flexibility index (Phi) is 94.2. The molecule has 0 aliphatic heterocycles. The number of nitrogens with one attached hydrogen (secondary N) is 8. The molecule has 24 N–H and O–H groups in total. The van der Waals surface area contributed by atoms with E-state index < -0.39 is 33.0 Å². The Morgan fingerprint density at radius 1 is 0.464 bits per heavy atom. The molecule has 0 saturated heterocycles. The molecule has 0 aromatic rings. The van der Waals surface area contributed by atoms with Gasteiger partial charge in [-0.3, -0.25) is 52.5 Å². The predicted octanol–water partition coefficient (Wildman–Crippen LogP) is 4.21. The van der Waals surface area contributed by atoms with Gasteiger partial charge in [0.2, 0.25) is 23.6 Å². The molecule has 2 atom stereocenters. The summed E-state index contributed by atoms with van der Waals surface area (Å²) in [5.41, 5.74) is 8.82. The number of Topliss-reactive ketones (excluding diaryl/α,β-unsaturated/α-hetero) is 4. The van der Waals surface area contributed by atoms with Crippen molar-refractivity contribution in [3.63, 3.8) is 0 Å². The van der Waals surface area contributed by atoms with Crippen molar-refractivity contribution in [3.8, 4) is 0 Å². The third-order valence-corrected chi connectivity index (χ3v) is 18.8. The molecule has 125 heavy (non-hydrogen) atoms. The van der Waals surface area contributed by atoms with Crippen molar-refractivity contribution < 1.29 is 112 Å². The van der Waals surface area contributed by atoms with E-state index in [-0.39, 0.29) is 153 Å². The topological polar surface area (TPSA) is 581 Å². The van der Waals surface area contributed by atoms with E-state index in [1.54, 1.807) is 34.6 Å². The van der Waals surface area contributed by atoms with Gasteiger partial charge in [-0.2, -0.15) is 0 Å². The highest BCUT2D eigenvalue weighted by atomic mass is 31.2. The number of aliphatic hydroxyl groups is 8. The van der Waals surface area contributed by atoms with Gasteiger partial charge in [0.05, 0.1) is 78.3 Å². The second-order valence-corrected chi connectivity index (χ2v) is 40.4. The van der Waals surface area contributed by atoms with Gasteiger partial charge in [-0.25, -0.2) is 0 Å². The van der Waals surface area contributed by atoms with Crippen LogP contribution in [-0.2, 0) is 47.5 Å². The lowest BCUT2D eigenvalue weighted by Crippen LogP contribution is -2.48. The highest BCUT2D eigenvalue weighted by Gasteiger charge is 2.31. The fraction of sp³-hybridized carbons (Fsp3) is 0.897. The summed E-state index contributed by atoms with van der Waals surface area (Å²) >= 11 is 0. The molecule has 36 nitrogen and oxygen atoms in total. The fourth-order valence-corrected chi connectivity index (χ4v) is 10.3. The second-order valence-electron chi connectivity index (χ2n) is 37.0. The molecule has 750 valence electrons. The number of hydrogen-bond donors (Lipinski definition) is 22. The number of aliphatic imine (C=N–C) groups is 1. The van der Waals surface area contributed by atoms with Crippen LogP contribution in [0.5, 0.6) is 0 Å². The summed E-state index contributed by atoms with van der Waals surface area (Å²) in [7, 11) is 5.04. The quantitative estimate of drug-likeness (QED) is 0.0133. The van der Waals surface area contributed by atoms with Gasteiger partial charge in [0.25, 0.3) is 0 Å². The number of nitrogens with zero attached hydrogens (tertiary/aromatic N) is 4. The largest absolute Gasteiger partial charge is 0.396 e. The minimum Gasteiger partial charge on any atom is -0.396 e. The highest BCUT2D eigenvalue weighted by molar-refractivity contribution is 7.52. The number of carbonyl (C=O) groups excluding carboxylic acids is 8. The van der Waals surface area contributed by atoms with Gasteiger partial charge in [0.1, 0.15) is 23.6 Å². The average Bonchev–Trinajstić information content (AvgIpc) is 0.885. The number of likely N-dealkylation sites (N-methyl/N-ethyl adjacent to an activating group) is 2. The van der Waals surface area contributed by atoms with E-state index in [4.69, 9.17) is 71.9 Å². The Hall–Kier alpha value is -4.47. The molecular formula is C87H191N14O22P2+. The Morgan fingerprint density at radius 3 is 1.23 bits per heavy atom. The predicted molar refractivity (Wildman–Crippen MR) is 506 cm³/mol. The van der Waals surface area contributed by atoms with Crippen molar-refractivity contribution in [2.24, 2.45) is 81.1 Å². The van der Waals surface area contributed by atoms with Crippen molar-refractivity contribution in [2.45, 2.75) is 253 Å². The van der Waals surface area contributed by atoms with Crippen LogP contribution in [-0.4, -0.2) is 338 Å². The van der Waals surface area contributed by atoms with E-state index in [9.17, 15) is 47.5 Å². The SMILES string of the molecule is CC(C)C(=O)NCCCC(=O)CC(CO)CO.CC(C)C(=O)NCCCC(=O)CCCO.CC(C)C(=O)NCCCCP(=O)(O)O.CC(C)C(=O)NCP(=O)(O)O.CC(C)CN(C)CC[N+](C)(C)C.CC(C)CNC(C)(C)C(=O)CCCN(C)C.CC(C)CNCCCC(=O)CC(CO)(CO)CO.CC(C)CNCCN=C(N)N.CC(C)CN[C@H](CO)[C@@H](C)O. The second kappa shape index (κ2) is 85.0. The van der Waals surface area contributed by atoms with Crippen molar-refractivity contribution >= 4 is 67.9 Å². The first kappa shape index (κ1) is 138. The van der Waals surface area contributed by atoms with Gasteiger partial charge in [-0.05, 0) is 156 Å². The number of rotatable bonds is 60. The summed E-state index contributed by atoms with van der Waals surface area (Å²) in [6, 6.07) is -0.183. The Balaban J connectivity index is -0.000000174. The minimum atomic E-state index is -4.09. The van der Waals surface area contributed by atoms with E-state index in [0.29, 0.717) is 120 Å². The van der Waals surface area contributed by atoms with Crippen LogP contribution >= 0.6 is 15.2 Å². The standard InChI is InChI=1S/C13H28N2O.C13H27NO4.C12H23NO4.C11H21NO3.C10H25N2.C8H18NO4P.C8H19NO2.C7H18N4.C5H12NO4P/c1-11(2)10-14-13(3,4)12(16)8-7-9-15(5)6;1-11(2)7-14-5-3-4-12(18)6-13(8-15,9-16)10-17;1-9(2)12(17)13-5-3-4-11(16)6-10(7-14)8-15;1-9(2)11(15)12-7-3-5-10(14)6-4-8-13;1-10(2)9-11(3)7-8-12(4,5)6;1-7(2)8(10)9-5-3-4-6-14(11,12)13;1-6(2)4-9-8(5-10)7(3)11;1-6(2)5-10-3-4-11-7(8)9;1-4(2)5(7)6-3-11(8,9)10/h11,14H,7-10H2,1-6H3;11,14-17H,3-10H2,1-2H3;9-10,14-15H,3-8H2,1-2H3,(H,13,17);9,13H,3-8H2,1-2H3,(H,12,15);10H,7-9H2,1-6H3;7H,3-6H2,1-2H3,(H,9,10)(H2,11,12,13);6-11H,4-5H2,1-3H3;6,10H,3-5H2,1-2H3,(H4,8,9,11);4H,3H2,1-2H3,(H,6,7)(H2,8,9,10)/q;;;;+1;;;;/t;;;;;;7-,8-;;/m......1../s1. The zero-order chi connectivity index (χ0) is 99.3. The molecule has 0 aromatic heterocycles. The first-order valence-corrected chi connectivity index (χ1v) is 48.4. The molecule has 0 aliphatic rings. The van der Waals surface area contributed by atoms with Crippen LogP contribution in [0.25, 0.3) is 0 Å². The fourth-order valence-electron chi connectivity index (χ4n) is 9.32. The summed E-state index contributed by atoms with van der Waals surface area (Å²) in [6.45, 7) is 52.1. The number of amides is 4. The number of carbonyl (C=O) groups is 8. The molecular weight excluding hydrogens is 1650 g/mol. The molecule has 4 amide bonds. The number of nitrogens with two attached hydrogens (primary N) is 2. The third kappa shape index (κ3) is 112. The van der Waals surface area contributed by atoms with E-state index in [0.717, 1.165) is 69.1 Å². The molecule has 0 bridgehead atoms. The first-order valence-electron chi connectivity index (χ1n) is 44.8. The molecule has 0 unspecified atom stereocenters. The van der Waals surface area contributed by atoms with E-state index >= 15 is 0 Å². The summed E-state index contributed by atoms with van der Waals surface area (Å²) in [6.07, 6.45) is 5.96. The number of hydrogen-bond acceptors (Lipinski definition) is 25. The molecule has 0 fully saturated rings. The van der Waals surface area contributed by atoms with Crippen molar-refractivity contribution in [1.29, 1.82) is 0 Å². The van der Waals surface area contributed by atoms with Crippen molar-refractivity contribution in [3.05, 3.63) is 0 Å². The zero-order valence-electron chi connectivity index (χ0n) is 82.9. The molecule has 0 aromatic carbocycles. The monoisotopic (exact) mass is 1850 g/mol. The highest BCUT2D eigenvalue weighted by Crippen LogP contribution is 2.35. The average molecular weight is 1850 g/mol. The lowest BCUT2D eigenvalue weighted by Gasteiger charge is -2.27. The number of aliphatic hydroxyl groups excluding tert-OH is 8. The number of guanidine groups is 1. The molecule has 0 saturated carbocycles. The van der Waals surface area contributed by atoms with Crippen LogP contribution in [0.2, 0.25) is 0 Å². The van der Waals surface area contributed by atoms with Crippen molar-refractivity contribution in [1.82, 2.24) is 52.3 Å². The molecule has 38 heteroatoms. The smallest absolute Gasteiger partial charge is 0.344 e. The summed E-state index contributed by atoms with van der Waals surface area (Å²) in [5.74, 6) is 2.72. The normalized spacial score (nSPS) is 12.1. The molecule has 0 aliphatic carbocycles. The number of quaternary nitrogens is 1. The van der Waals surface area contributed by atoms with Crippen LogP contribution < -0.4 is 54.0 Å². The lowest BCUT2D eigenvalue weighted by molar-refractivity contribution is -0.869. The Labute approximate surface area is 755 Å². The Bertz CT molecular complexity index is 2750. The van der Waals surface area contributed by atoms with Gasteiger partial charge >= 0.3 is 15.2 Å². The van der Waals surface area contributed by atoms with E-state index in [2.05, 4.69) is 155 Å². The third-order valence-electron chi connectivity index (χ3n) is 17.4. The van der Waals surface area contributed by atoms with Crippen LogP contribution in [0.1, 0.15) is 235 Å². The van der Waals surface area contributed by atoms with Crippen LogP contribution in [0.15, 0.2) is 4.99 Å². The van der Waals surface area contributed by atoms with Gasteiger partial charge in [-0.15, -0.1) is 0 Å². The summed E-state index contributed by atoms with van der Waals surface area (Å²) < 4.78 is 21.7. The molecule has 0 rings (SSSR count). The van der Waals surface area contributed by atoms with Crippen molar-refractivity contribution in [2.75, 3.05) is 193 Å². The first-order chi connectivity index (χ1) is 57.5. The van der Waals surface area contributed by atoms with E-state index in [1.807, 2.05) is 55.6 Å². The lowest BCUT2D eigenvalue weighted by atomic mass is 9.84. The van der Waals surface area contributed by atoms with Gasteiger partial charge in [0, 0.05) is 145 Å². The van der Waals surface area contributed by atoms with Crippen LogP contribution in [0, 0.1) is 64.6 Å². The Morgan fingerprint density at radius 2 is 0.872 bits per heavy atom. The summed E-state index contributed by atoms with van der Waals surface area (Å²) in [4.78, 5) is 132. The molecule has 0 heterocycles. The molecule has 0 radical (unpaired) electrons. The number of ketones is 4.